The third-order valence-electron chi connectivity index (χ3n) is 2.74. The average molecular weight is 314 g/mol. The van der Waals surface area contributed by atoms with Crippen LogP contribution in [-0.2, 0) is 16.2 Å². The standard InChI is InChI=1S/C12H23BN2O5Si/c1-5-20-12(16)11-14-10(13(17)18)8-15(11)9-19-6-7-21(2,3)4/h8,17-18H,5-7,9H2,1-4H3. The lowest BCUT2D eigenvalue weighted by atomic mass is 9.87. The quantitative estimate of drug-likeness (QED) is 0.400. The van der Waals surface area contributed by atoms with E-state index in [0.717, 1.165) is 6.04 Å². The summed E-state index contributed by atoms with van der Waals surface area (Å²) in [7, 11) is -2.91. The summed E-state index contributed by atoms with van der Waals surface area (Å²) in [4.78, 5) is 15.6. The monoisotopic (exact) mass is 314 g/mol. The van der Waals surface area contributed by atoms with E-state index in [2.05, 4.69) is 24.6 Å². The van der Waals surface area contributed by atoms with Crippen molar-refractivity contribution in [1.82, 2.24) is 9.55 Å². The van der Waals surface area contributed by atoms with Gasteiger partial charge in [-0.05, 0) is 13.0 Å². The highest BCUT2D eigenvalue weighted by Gasteiger charge is 2.23. The zero-order valence-corrected chi connectivity index (χ0v) is 14.0. The topological polar surface area (TPSA) is 93.8 Å². The first kappa shape index (κ1) is 17.9. The molecule has 0 spiro atoms. The Morgan fingerprint density at radius 2 is 2.10 bits per heavy atom. The highest BCUT2D eigenvalue weighted by atomic mass is 28.3. The zero-order chi connectivity index (χ0) is 16.0. The number of imidazole rings is 1. The van der Waals surface area contributed by atoms with Crippen LogP contribution in [-0.4, -0.2) is 54.0 Å². The Hall–Kier alpha value is -1.16. The number of rotatable bonds is 8. The van der Waals surface area contributed by atoms with E-state index in [1.54, 1.807) is 6.92 Å². The van der Waals surface area contributed by atoms with Crippen LogP contribution in [0.1, 0.15) is 17.5 Å². The molecule has 0 aliphatic rings. The Kier molecular flexibility index (Phi) is 6.59. The van der Waals surface area contributed by atoms with Crippen molar-refractivity contribution in [3.05, 3.63) is 12.0 Å². The Balaban J connectivity index is 2.72. The minimum Gasteiger partial charge on any atom is -0.460 e. The van der Waals surface area contributed by atoms with Crippen molar-refractivity contribution < 1.29 is 24.3 Å². The number of carbonyl (C=O) groups excluding carboxylic acids is 1. The third-order valence-corrected chi connectivity index (χ3v) is 4.45. The molecule has 0 unspecified atom stereocenters. The molecular weight excluding hydrogens is 291 g/mol. The van der Waals surface area contributed by atoms with E-state index in [-0.39, 0.29) is 24.8 Å². The van der Waals surface area contributed by atoms with Crippen molar-refractivity contribution in [1.29, 1.82) is 0 Å². The van der Waals surface area contributed by atoms with E-state index in [0.29, 0.717) is 6.61 Å². The fourth-order valence-electron chi connectivity index (χ4n) is 1.56. The van der Waals surface area contributed by atoms with E-state index in [4.69, 9.17) is 19.5 Å². The zero-order valence-electron chi connectivity index (χ0n) is 13.0. The molecule has 1 rings (SSSR count). The summed E-state index contributed by atoms with van der Waals surface area (Å²) in [6, 6.07) is 1.01. The van der Waals surface area contributed by atoms with Gasteiger partial charge in [-0.25, -0.2) is 9.78 Å². The lowest BCUT2D eigenvalue weighted by molar-refractivity contribution is 0.0464. The highest BCUT2D eigenvalue weighted by molar-refractivity contribution is 6.76. The predicted molar refractivity (Wildman–Crippen MR) is 82.1 cm³/mol. The number of nitrogens with zero attached hydrogens (tertiary/aromatic N) is 2. The molecule has 0 radical (unpaired) electrons. The smallest absolute Gasteiger partial charge is 0.460 e. The molecule has 1 aromatic rings. The first-order valence-corrected chi connectivity index (χ1v) is 10.6. The van der Waals surface area contributed by atoms with Crippen LogP contribution >= 0.6 is 0 Å². The van der Waals surface area contributed by atoms with Crippen molar-refractivity contribution in [3.63, 3.8) is 0 Å². The second-order valence-corrected chi connectivity index (χ2v) is 11.5. The minimum absolute atomic E-state index is 0.00736. The van der Waals surface area contributed by atoms with Crippen LogP contribution in [0.2, 0.25) is 25.7 Å². The Labute approximate surface area is 126 Å². The van der Waals surface area contributed by atoms with E-state index < -0.39 is 21.2 Å². The van der Waals surface area contributed by atoms with Gasteiger partial charge in [-0.3, -0.25) is 0 Å². The molecular formula is C12H23BN2O5Si. The molecule has 9 heteroatoms. The van der Waals surface area contributed by atoms with Crippen molar-refractivity contribution in [2.75, 3.05) is 13.2 Å². The molecule has 2 N–H and O–H groups in total. The maximum atomic E-state index is 11.8. The highest BCUT2D eigenvalue weighted by Crippen LogP contribution is 2.08. The molecule has 0 aliphatic heterocycles. The summed E-state index contributed by atoms with van der Waals surface area (Å²) in [5.74, 6) is -0.605. The van der Waals surface area contributed by atoms with Gasteiger partial charge in [0.2, 0.25) is 5.82 Å². The second-order valence-electron chi connectivity index (χ2n) is 5.90. The average Bonchev–Trinajstić information content (AvgIpc) is 2.78. The first-order valence-electron chi connectivity index (χ1n) is 6.92. The number of ether oxygens (including phenoxy) is 2. The summed E-state index contributed by atoms with van der Waals surface area (Å²) >= 11 is 0. The molecule has 0 saturated heterocycles. The second kappa shape index (κ2) is 7.74. The number of hydrogen-bond acceptors (Lipinski definition) is 6. The molecule has 0 saturated carbocycles. The van der Waals surface area contributed by atoms with Gasteiger partial charge in [0.1, 0.15) is 6.73 Å². The number of esters is 1. The van der Waals surface area contributed by atoms with Gasteiger partial charge in [-0.15, -0.1) is 0 Å². The van der Waals surface area contributed by atoms with E-state index in [1.165, 1.54) is 10.8 Å². The maximum Gasteiger partial charge on any atom is 0.509 e. The fourth-order valence-corrected chi connectivity index (χ4v) is 2.32. The molecule has 7 nitrogen and oxygen atoms in total. The van der Waals surface area contributed by atoms with Gasteiger partial charge >= 0.3 is 13.1 Å². The summed E-state index contributed by atoms with van der Waals surface area (Å²) in [5, 5.41) is 18.3. The van der Waals surface area contributed by atoms with Gasteiger partial charge in [0.15, 0.2) is 0 Å². The van der Waals surface area contributed by atoms with Crippen LogP contribution in [0.25, 0.3) is 0 Å². The van der Waals surface area contributed by atoms with E-state index in [9.17, 15) is 4.79 Å². The molecule has 1 aromatic heterocycles. The maximum absolute atomic E-state index is 11.8. The van der Waals surface area contributed by atoms with Crippen molar-refractivity contribution >= 4 is 26.8 Å². The Morgan fingerprint density at radius 3 is 2.62 bits per heavy atom. The van der Waals surface area contributed by atoms with Crippen LogP contribution in [0.15, 0.2) is 6.20 Å². The van der Waals surface area contributed by atoms with Gasteiger partial charge in [0, 0.05) is 20.9 Å². The molecule has 0 aliphatic carbocycles. The van der Waals surface area contributed by atoms with Crippen molar-refractivity contribution in [2.45, 2.75) is 39.3 Å². The van der Waals surface area contributed by atoms with Gasteiger partial charge in [0.25, 0.3) is 0 Å². The summed E-state index contributed by atoms with van der Waals surface area (Å²) in [5.41, 5.74) is -0.00755. The summed E-state index contributed by atoms with van der Waals surface area (Å²) in [6.45, 7) is 9.37. The van der Waals surface area contributed by atoms with Gasteiger partial charge in [0.05, 0.1) is 12.2 Å². The molecule has 0 atom stereocenters. The number of carbonyl (C=O) groups is 1. The largest absolute Gasteiger partial charge is 0.509 e. The van der Waals surface area contributed by atoms with Crippen molar-refractivity contribution in [2.24, 2.45) is 0 Å². The van der Waals surface area contributed by atoms with Crippen LogP contribution in [0.5, 0.6) is 0 Å². The van der Waals surface area contributed by atoms with Crippen LogP contribution in [0.4, 0.5) is 0 Å². The molecule has 0 aromatic carbocycles. The molecule has 0 amide bonds. The SMILES string of the molecule is CCOC(=O)c1nc(B(O)O)cn1COCC[Si](C)(C)C. The lowest BCUT2D eigenvalue weighted by Gasteiger charge is -2.15. The first-order chi connectivity index (χ1) is 9.74. The summed E-state index contributed by atoms with van der Waals surface area (Å²) < 4.78 is 11.9. The summed E-state index contributed by atoms with van der Waals surface area (Å²) in [6.07, 6.45) is 1.38. The molecule has 21 heavy (non-hydrogen) atoms. The van der Waals surface area contributed by atoms with Gasteiger partial charge in [-0.2, -0.15) is 0 Å². The molecule has 0 fully saturated rings. The molecule has 118 valence electrons. The predicted octanol–water partition coefficient (Wildman–Crippen LogP) is 0.0519. The van der Waals surface area contributed by atoms with Crippen LogP contribution in [0, 0.1) is 0 Å². The van der Waals surface area contributed by atoms with E-state index >= 15 is 0 Å². The fraction of sp³-hybridized carbons (Fsp3) is 0.667. The molecule has 1 heterocycles. The minimum atomic E-state index is -1.73. The van der Waals surface area contributed by atoms with E-state index in [1.807, 2.05) is 0 Å². The van der Waals surface area contributed by atoms with Gasteiger partial charge in [-0.1, -0.05) is 19.6 Å². The number of aromatic nitrogens is 2. The van der Waals surface area contributed by atoms with Crippen LogP contribution < -0.4 is 5.59 Å². The normalized spacial score (nSPS) is 11.5. The molecule has 0 bridgehead atoms. The number of hydrogen-bond donors (Lipinski definition) is 2. The van der Waals surface area contributed by atoms with Crippen LogP contribution in [0.3, 0.4) is 0 Å². The Morgan fingerprint density at radius 1 is 1.43 bits per heavy atom. The van der Waals surface area contributed by atoms with Crippen molar-refractivity contribution in [3.8, 4) is 0 Å². The van der Waals surface area contributed by atoms with Gasteiger partial charge < -0.3 is 24.1 Å². The third kappa shape index (κ3) is 6.00. The Bertz CT molecular complexity index is 473. The lowest BCUT2D eigenvalue weighted by Crippen LogP contribution is -2.31.